The van der Waals surface area contributed by atoms with Gasteiger partial charge >= 0.3 is 6.03 Å². The first-order chi connectivity index (χ1) is 18.5. The number of ether oxygens (including phenoxy) is 1. The van der Waals surface area contributed by atoms with Gasteiger partial charge in [0.2, 0.25) is 5.95 Å². The molecule has 0 spiro atoms. The SMILES string of the molecule is Nc1nccc(-c2nc(N3CCOCC3)sc2-c2cccc(N3CCN(c4ccc(F)cc4Cl)C3=O)c2)n1. The number of amides is 2. The third-order valence-electron chi connectivity index (χ3n) is 6.44. The second kappa shape index (κ2) is 10.2. The quantitative estimate of drug-likeness (QED) is 0.375. The summed E-state index contributed by atoms with van der Waals surface area (Å²) in [4.78, 5) is 33.1. The van der Waals surface area contributed by atoms with Crippen LogP contribution in [0.3, 0.4) is 0 Å². The molecule has 9 nitrogen and oxygen atoms in total. The number of urea groups is 1. The van der Waals surface area contributed by atoms with Crippen LogP contribution < -0.4 is 20.4 Å². The minimum absolute atomic E-state index is 0.172. The maximum Gasteiger partial charge on any atom is 0.329 e. The number of carbonyl (C=O) groups is 1. The van der Waals surface area contributed by atoms with Gasteiger partial charge < -0.3 is 15.4 Å². The van der Waals surface area contributed by atoms with E-state index in [0.717, 1.165) is 34.3 Å². The van der Waals surface area contributed by atoms with Crippen molar-refractivity contribution in [1.82, 2.24) is 15.0 Å². The Morgan fingerprint density at radius 2 is 1.82 bits per heavy atom. The van der Waals surface area contributed by atoms with Crippen molar-refractivity contribution in [3.05, 3.63) is 65.6 Å². The fourth-order valence-corrected chi connectivity index (χ4v) is 5.98. The number of hydrogen-bond donors (Lipinski definition) is 1. The summed E-state index contributed by atoms with van der Waals surface area (Å²) < 4.78 is 19.1. The average Bonchev–Trinajstić information content (AvgIpc) is 3.54. The number of halogens is 2. The molecule has 38 heavy (non-hydrogen) atoms. The van der Waals surface area contributed by atoms with Crippen LogP contribution >= 0.6 is 22.9 Å². The summed E-state index contributed by atoms with van der Waals surface area (Å²) in [5.41, 5.74) is 9.34. The Kier molecular flexibility index (Phi) is 6.56. The molecule has 2 aromatic heterocycles. The largest absolute Gasteiger partial charge is 0.378 e. The number of nitrogens with two attached hydrogens (primary N) is 1. The third kappa shape index (κ3) is 4.64. The van der Waals surface area contributed by atoms with E-state index in [1.54, 1.807) is 33.4 Å². The Morgan fingerprint density at radius 1 is 1.00 bits per heavy atom. The molecule has 0 atom stereocenters. The molecule has 0 aliphatic carbocycles. The van der Waals surface area contributed by atoms with Crippen LogP contribution in [-0.4, -0.2) is 60.4 Å². The molecule has 0 bridgehead atoms. The van der Waals surface area contributed by atoms with Crippen LogP contribution in [0, 0.1) is 5.82 Å². The molecule has 4 aromatic rings. The van der Waals surface area contributed by atoms with Gasteiger partial charge in [-0.25, -0.2) is 24.1 Å². The van der Waals surface area contributed by atoms with Gasteiger partial charge in [-0.3, -0.25) is 9.80 Å². The third-order valence-corrected chi connectivity index (χ3v) is 7.91. The minimum Gasteiger partial charge on any atom is -0.378 e. The first-order valence-corrected chi connectivity index (χ1v) is 13.2. The number of thiazole rings is 1. The highest BCUT2D eigenvalue weighted by atomic mass is 35.5. The molecular formula is C26H23ClFN7O2S. The zero-order valence-electron chi connectivity index (χ0n) is 20.2. The Hall–Kier alpha value is -3.80. The fraction of sp³-hybridized carbons (Fsp3) is 0.231. The average molecular weight is 552 g/mol. The molecule has 2 fully saturated rings. The lowest BCUT2D eigenvalue weighted by Crippen LogP contribution is -2.36. The molecule has 2 aliphatic rings. The van der Waals surface area contributed by atoms with E-state index < -0.39 is 5.82 Å². The lowest BCUT2D eigenvalue weighted by atomic mass is 10.1. The van der Waals surface area contributed by atoms with Crippen LogP contribution in [0.5, 0.6) is 0 Å². The second-order valence-electron chi connectivity index (χ2n) is 8.81. The first-order valence-electron chi connectivity index (χ1n) is 12.0. The number of nitrogen functional groups attached to an aromatic ring is 1. The van der Waals surface area contributed by atoms with Crippen molar-refractivity contribution in [3.8, 4) is 21.8 Å². The molecule has 2 aliphatic heterocycles. The Bertz CT molecular complexity index is 1510. The molecule has 2 N–H and O–H groups in total. The van der Waals surface area contributed by atoms with Gasteiger partial charge in [0.05, 0.1) is 34.5 Å². The van der Waals surface area contributed by atoms with Crippen molar-refractivity contribution in [1.29, 1.82) is 0 Å². The van der Waals surface area contributed by atoms with Crippen molar-refractivity contribution in [2.45, 2.75) is 0 Å². The highest BCUT2D eigenvalue weighted by molar-refractivity contribution is 7.19. The first kappa shape index (κ1) is 24.5. The number of aromatic nitrogens is 3. The molecule has 6 rings (SSSR count). The Morgan fingerprint density at radius 3 is 2.61 bits per heavy atom. The summed E-state index contributed by atoms with van der Waals surface area (Å²) in [6.07, 6.45) is 1.61. The predicted molar refractivity (Wildman–Crippen MR) is 148 cm³/mol. The van der Waals surface area contributed by atoms with Crippen LogP contribution in [0.25, 0.3) is 21.8 Å². The van der Waals surface area contributed by atoms with Crippen molar-refractivity contribution < 1.29 is 13.9 Å². The van der Waals surface area contributed by atoms with E-state index in [0.29, 0.717) is 43.4 Å². The Balaban J connectivity index is 1.36. The molecular weight excluding hydrogens is 529 g/mol. The van der Waals surface area contributed by atoms with Gasteiger partial charge in [0.25, 0.3) is 0 Å². The van der Waals surface area contributed by atoms with Gasteiger partial charge in [-0.1, -0.05) is 35.1 Å². The van der Waals surface area contributed by atoms with Crippen molar-refractivity contribution >= 4 is 51.4 Å². The standard InChI is InChI=1S/C26H23ClFN7O2S/c27-19-15-17(28)4-5-21(19)35-9-8-34(26(35)36)18-3-1-2-16(14-18)23-22(20-6-7-30-24(29)31-20)32-25(38-23)33-10-12-37-13-11-33/h1-7,14-15H,8-13H2,(H2,29,30,31). The highest BCUT2D eigenvalue weighted by Crippen LogP contribution is 2.41. The summed E-state index contributed by atoms with van der Waals surface area (Å²) in [6, 6.07) is 13.4. The molecule has 2 saturated heterocycles. The number of benzene rings is 2. The van der Waals surface area contributed by atoms with Crippen LogP contribution in [0.1, 0.15) is 0 Å². The van der Waals surface area contributed by atoms with E-state index >= 15 is 0 Å². The molecule has 4 heterocycles. The molecule has 0 unspecified atom stereocenters. The molecule has 0 saturated carbocycles. The summed E-state index contributed by atoms with van der Waals surface area (Å²) in [5.74, 6) is -0.275. The van der Waals surface area contributed by atoms with Gasteiger partial charge in [-0.2, -0.15) is 0 Å². The molecule has 12 heteroatoms. The van der Waals surface area contributed by atoms with E-state index in [9.17, 15) is 9.18 Å². The molecule has 2 amide bonds. The van der Waals surface area contributed by atoms with Crippen LogP contribution in [-0.2, 0) is 4.74 Å². The molecule has 194 valence electrons. The fourth-order valence-electron chi connectivity index (χ4n) is 4.59. The number of morpholine rings is 1. The van der Waals surface area contributed by atoms with Gasteiger partial charge in [0, 0.05) is 38.1 Å². The maximum absolute atomic E-state index is 13.6. The monoisotopic (exact) mass is 551 g/mol. The zero-order chi connectivity index (χ0) is 26.2. The number of carbonyl (C=O) groups excluding carboxylic acids is 1. The van der Waals surface area contributed by atoms with Crippen molar-refractivity contribution in [2.24, 2.45) is 0 Å². The smallest absolute Gasteiger partial charge is 0.329 e. The number of rotatable bonds is 5. The Labute approximate surface area is 227 Å². The normalized spacial score (nSPS) is 15.9. The minimum atomic E-state index is -0.447. The summed E-state index contributed by atoms with van der Waals surface area (Å²) in [6.45, 7) is 3.69. The topological polar surface area (TPSA) is 101 Å². The van der Waals surface area contributed by atoms with Crippen molar-refractivity contribution in [3.63, 3.8) is 0 Å². The summed E-state index contributed by atoms with van der Waals surface area (Å²) in [5, 5.41) is 1.07. The van der Waals surface area contributed by atoms with Crippen LogP contribution in [0.2, 0.25) is 5.02 Å². The molecule has 0 radical (unpaired) electrons. The summed E-state index contributed by atoms with van der Waals surface area (Å²) in [7, 11) is 0. The maximum atomic E-state index is 13.6. The zero-order valence-corrected chi connectivity index (χ0v) is 21.8. The second-order valence-corrected chi connectivity index (χ2v) is 10.2. The van der Waals surface area contributed by atoms with E-state index in [-0.39, 0.29) is 17.0 Å². The van der Waals surface area contributed by atoms with Gasteiger partial charge in [-0.15, -0.1) is 0 Å². The van der Waals surface area contributed by atoms with Crippen molar-refractivity contribution in [2.75, 3.05) is 59.8 Å². The lowest BCUT2D eigenvalue weighted by Gasteiger charge is -2.26. The predicted octanol–water partition coefficient (Wildman–Crippen LogP) is 4.93. The number of hydrogen-bond acceptors (Lipinski definition) is 8. The van der Waals surface area contributed by atoms with Crippen LogP contribution in [0.4, 0.5) is 31.6 Å². The summed E-state index contributed by atoms with van der Waals surface area (Å²) >= 11 is 7.80. The van der Waals surface area contributed by atoms with Crippen LogP contribution in [0.15, 0.2) is 54.7 Å². The van der Waals surface area contributed by atoms with E-state index in [4.69, 9.17) is 27.1 Å². The number of nitrogens with zero attached hydrogens (tertiary/aromatic N) is 6. The highest BCUT2D eigenvalue weighted by Gasteiger charge is 2.32. The van der Waals surface area contributed by atoms with Gasteiger partial charge in [-0.05, 0) is 42.0 Å². The number of anilines is 4. The van der Waals surface area contributed by atoms with Gasteiger partial charge in [0.15, 0.2) is 5.13 Å². The molecule has 2 aromatic carbocycles. The van der Waals surface area contributed by atoms with Gasteiger partial charge in [0.1, 0.15) is 11.5 Å². The lowest BCUT2D eigenvalue weighted by molar-refractivity contribution is 0.122. The van der Waals surface area contributed by atoms with E-state index in [1.165, 1.54) is 18.2 Å². The van der Waals surface area contributed by atoms with E-state index in [1.807, 2.05) is 24.3 Å². The van der Waals surface area contributed by atoms with E-state index in [2.05, 4.69) is 14.9 Å².